The van der Waals surface area contributed by atoms with Crippen LogP contribution in [-0.2, 0) is 9.59 Å². The zero-order valence-corrected chi connectivity index (χ0v) is 18.4. The lowest BCUT2D eigenvalue weighted by Crippen LogP contribution is -2.51. The molecule has 0 aromatic heterocycles. The highest BCUT2D eigenvalue weighted by molar-refractivity contribution is 6.30. The topological polar surface area (TPSA) is 71.1 Å². The summed E-state index contributed by atoms with van der Waals surface area (Å²) >= 11 is 6.06. The highest BCUT2D eigenvalue weighted by atomic mass is 35.5. The summed E-state index contributed by atoms with van der Waals surface area (Å²) in [6, 6.07) is 13.0. The molecule has 0 aliphatic carbocycles. The second kappa shape index (κ2) is 10.7. The van der Waals surface area contributed by atoms with Crippen LogP contribution in [0.2, 0.25) is 5.02 Å². The highest BCUT2D eigenvalue weighted by Gasteiger charge is 2.21. The summed E-state index contributed by atoms with van der Waals surface area (Å²) in [6.07, 6.45) is 3.03. The van der Waals surface area contributed by atoms with Crippen LogP contribution in [0.3, 0.4) is 0 Å². The van der Waals surface area contributed by atoms with Crippen LogP contribution in [0.15, 0.2) is 48.5 Å². The minimum absolute atomic E-state index is 0.0399. The van der Waals surface area contributed by atoms with Crippen LogP contribution in [0.4, 0.5) is 5.69 Å². The molecule has 2 aromatic carbocycles. The summed E-state index contributed by atoms with van der Waals surface area (Å²) in [4.78, 5) is 28.5. The van der Waals surface area contributed by atoms with Crippen molar-refractivity contribution in [2.75, 3.05) is 51.8 Å². The third kappa shape index (κ3) is 6.39. The molecule has 0 radical (unpaired) electrons. The summed E-state index contributed by atoms with van der Waals surface area (Å²) in [6.45, 7) is 2.60. The molecule has 0 atom stereocenters. The Morgan fingerprint density at radius 1 is 1.03 bits per heavy atom. The quantitative estimate of drug-likeness (QED) is 0.666. The first-order valence-electron chi connectivity index (χ1n) is 9.96. The number of hydrogen-bond donors (Lipinski definition) is 1. The van der Waals surface area contributed by atoms with E-state index in [1.807, 2.05) is 24.3 Å². The first-order chi connectivity index (χ1) is 15.0. The number of hydrogen-bond acceptors (Lipinski definition) is 5. The molecule has 1 heterocycles. The number of nitrogens with one attached hydrogen (secondary N) is 1. The molecular formula is C23H26ClN3O4. The molecule has 2 amide bonds. The lowest BCUT2D eigenvalue weighted by Gasteiger charge is -2.36. The minimum Gasteiger partial charge on any atom is -0.497 e. The van der Waals surface area contributed by atoms with Crippen LogP contribution < -0.4 is 19.7 Å². The average Bonchev–Trinajstić information content (AvgIpc) is 2.81. The Bertz CT molecular complexity index is 933. The Morgan fingerprint density at radius 3 is 2.32 bits per heavy atom. The van der Waals surface area contributed by atoms with Gasteiger partial charge in [-0.25, -0.2) is 0 Å². The molecule has 0 saturated carbocycles. The van der Waals surface area contributed by atoms with E-state index in [9.17, 15) is 9.59 Å². The minimum atomic E-state index is -0.340. The zero-order valence-electron chi connectivity index (χ0n) is 17.6. The van der Waals surface area contributed by atoms with Crippen molar-refractivity contribution in [3.63, 3.8) is 0 Å². The fourth-order valence-electron chi connectivity index (χ4n) is 3.32. The van der Waals surface area contributed by atoms with Gasteiger partial charge in [-0.2, -0.15) is 0 Å². The van der Waals surface area contributed by atoms with Gasteiger partial charge in [0.25, 0.3) is 0 Å². The van der Waals surface area contributed by atoms with Crippen molar-refractivity contribution < 1.29 is 19.1 Å². The standard InChI is InChI=1S/C23H26ClN3O4/c1-30-20-12-17(13-21(15-20)31-2)6-7-22(28)25-16-23(29)27-10-8-26(9-11-27)19-5-3-4-18(24)14-19/h3-7,12-15H,8-11,16H2,1-2H3,(H,25,28)/b7-6+. The molecule has 2 aromatic rings. The smallest absolute Gasteiger partial charge is 0.244 e. The van der Waals surface area contributed by atoms with E-state index >= 15 is 0 Å². The van der Waals surface area contributed by atoms with E-state index < -0.39 is 0 Å². The Morgan fingerprint density at radius 2 is 1.71 bits per heavy atom. The summed E-state index contributed by atoms with van der Waals surface area (Å²) in [5.41, 5.74) is 1.81. The van der Waals surface area contributed by atoms with Gasteiger partial charge in [0, 0.05) is 49.0 Å². The number of ether oxygens (including phenoxy) is 2. The first kappa shape index (κ1) is 22.5. The number of carbonyl (C=O) groups is 2. The molecule has 0 spiro atoms. The third-order valence-electron chi connectivity index (χ3n) is 5.02. The van der Waals surface area contributed by atoms with Gasteiger partial charge in [-0.15, -0.1) is 0 Å². The van der Waals surface area contributed by atoms with E-state index in [-0.39, 0.29) is 18.4 Å². The maximum absolute atomic E-state index is 12.5. The van der Waals surface area contributed by atoms with Crippen molar-refractivity contribution in [2.45, 2.75) is 0 Å². The van der Waals surface area contributed by atoms with Crippen molar-refractivity contribution in [1.82, 2.24) is 10.2 Å². The molecule has 1 aliphatic rings. The molecule has 3 rings (SSSR count). The predicted octanol–water partition coefficient (Wildman–Crippen LogP) is 2.84. The number of amides is 2. The molecule has 1 N–H and O–H groups in total. The van der Waals surface area contributed by atoms with Gasteiger partial charge in [0.1, 0.15) is 11.5 Å². The van der Waals surface area contributed by atoms with Crippen LogP contribution in [-0.4, -0.2) is 63.7 Å². The number of methoxy groups -OCH3 is 2. The fraction of sp³-hybridized carbons (Fsp3) is 0.304. The first-order valence-corrected chi connectivity index (χ1v) is 10.3. The number of piperazine rings is 1. The van der Waals surface area contributed by atoms with Gasteiger partial charge >= 0.3 is 0 Å². The summed E-state index contributed by atoms with van der Waals surface area (Å²) in [7, 11) is 3.13. The van der Waals surface area contributed by atoms with Crippen molar-refractivity contribution in [2.24, 2.45) is 0 Å². The predicted molar refractivity (Wildman–Crippen MR) is 122 cm³/mol. The maximum Gasteiger partial charge on any atom is 0.244 e. The van der Waals surface area contributed by atoms with E-state index in [1.165, 1.54) is 6.08 Å². The van der Waals surface area contributed by atoms with Gasteiger partial charge in [-0.3, -0.25) is 9.59 Å². The third-order valence-corrected chi connectivity index (χ3v) is 5.26. The number of nitrogens with zero attached hydrogens (tertiary/aromatic N) is 2. The molecular weight excluding hydrogens is 418 g/mol. The van der Waals surface area contributed by atoms with E-state index in [0.717, 1.165) is 24.3 Å². The van der Waals surface area contributed by atoms with Gasteiger partial charge in [-0.05, 0) is 42.0 Å². The van der Waals surface area contributed by atoms with E-state index in [0.29, 0.717) is 29.6 Å². The average molecular weight is 444 g/mol. The van der Waals surface area contributed by atoms with Crippen molar-refractivity contribution in [3.8, 4) is 11.5 Å². The molecule has 0 bridgehead atoms. The van der Waals surface area contributed by atoms with Crippen molar-refractivity contribution >= 4 is 35.2 Å². The number of anilines is 1. The molecule has 1 aliphatic heterocycles. The monoisotopic (exact) mass is 443 g/mol. The van der Waals surface area contributed by atoms with Crippen LogP contribution >= 0.6 is 11.6 Å². The van der Waals surface area contributed by atoms with Gasteiger partial charge < -0.3 is 24.6 Å². The normalized spacial score (nSPS) is 13.9. The molecule has 0 unspecified atom stereocenters. The Labute approximate surface area is 187 Å². The Balaban J connectivity index is 1.46. The molecule has 1 saturated heterocycles. The van der Waals surface area contributed by atoms with Crippen molar-refractivity contribution in [1.29, 1.82) is 0 Å². The molecule has 164 valence electrons. The summed E-state index contributed by atoms with van der Waals surface area (Å²) < 4.78 is 10.4. The second-order valence-corrected chi connectivity index (χ2v) is 7.48. The number of halogens is 1. The number of rotatable bonds is 7. The highest BCUT2D eigenvalue weighted by Crippen LogP contribution is 2.23. The van der Waals surface area contributed by atoms with Crippen LogP contribution in [0.1, 0.15) is 5.56 Å². The zero-order chi connectivity index (χ0) is 22.2. The second-order valence-electron chi connectivity index (χ2n) is 7.04. The molecule has 1 fully saturated rings. The molecule has 7 nitrogen and oxygen atoms in total. The van der Waals surface area contributed by atoms with Crippen LogP contribution in [0.25, 0.3) is 6.08 Å². The van der Waals surface area contributed by atoms with Crippen LogP contribution in [0, 0.1) is 0 Å². The van der Waals surface area contributed by atoms with Gasteiger partial charge in [-0.1, -0.05) is 17.7 Å². The van der Waals surface area contributed by atoms with E-state index in [2.05, 4.69) is 10.2 Å². The lowest BCUT2D eigenvalue weighted by atomic mass is 10.2. The SMILES string of the molecule is COc1cc(/C=C/C(=O)NCC(=O)N2CCN(c3cccc(Cl)c3)CC2)cc(OC)c1. The van der Waals surface area contributed by atoms with E-state index in [4.69, 9.17) is 21.1 Å². The fourth-order valence-corrected chi connectivity index (χ4v) is 3.50. The number of carbonyl (C=O) groups excluding carboxylic acids is 2. The number of benzene rings is 2. The molecule has 8 heteroatoms. The lowest BCUT2D eigenvalue weighted by molar-refractivity contribution is -0.132. The largest absolute Gasteiger partial charge is 0.497 e. The summed E-state index contributed by atoms with van der Waals surface area (Å²) in [5.74, 6) is 0.821. The van der Waals surface area contributed by atoms with E-state index in [1.54, 1.807) is 43.4 Å². The van der Waals surface area contributed by atoms with Gasteiger partial charge in [0.05, 0.1) is 20.8 Å². The van der Waals surface area contributed by atoms with Gasteiger partial charge in [0.2, 0.25) is 11.8 Å². The maximum atomic E-state index is 12.5. The Hall–Kier alpha value is -3.19. The van der Waals surface area contributed by atoms with Gasteiger partial charge in [0.15, 0.2) is 0 Å². The summed E-state index contributed by atoms with van der Waals surface area (Å²) in [5, 5.41) is 3.34. The van der Waals surface area contributed by atoms with Crippen LogP contribution in [0.5, 0.6) is 11.5 Å². The molecule has 31 heavy (non-hydrogen) atoms. The van der Waals surface area contributed by atoms with Crippen molar-refractivity contribution in [3.05, 3.63) is 59.1 Å². The Kier molecular flexibility index (Phi) is 7.78.